The standard InChI is InChI=1S/C30H33F7N4O4S/c1-38(23-14-20(29(32,33)34)13-21(15-23)30(35,36)37)28(43)39(2)26-17-40(16-25(26)18-3-5-22(31)6-4-18)27(42)19-9-11-41(12-10-19)46(44,45)24-7-8-24/h3-6,13-15,19,24-26H,7-12,16-17H2,1-2H3. The molecule has 3 fully saturated rings. The Morgan fingerprint density at radius 2 is 1.37 bits per heavy atom. The van der Waals surface area contributed by atoms with E-state index in [4.69, 9.17) is 0 Å². The zero-order chi connectivity index (χ0) is 33.8. The summed E-state index contributed by atoms with van der Waals surface area (Å²) in [6.07, 6.45) is -8.35. The summed E-state index contributed by atoms with van der Waals surface area (Å²) in [5.74, 6) is -1.81. The Morgan fingerprint density at radius 1 is 0.826 bits per heavy atom. The molecule has 2 saturated heterocycles. The van der Waals surface area contributed by atoms with Crippen LogP contribution in [0.25, 0.3) is 0 Å². The van der Waals surface area contributed by atoms with Gasteiger partial charge < -0.3 is 9.80 Å². The van der Waals surface area contributed by atoms with Gasteiger partial charge in [0.25, 0.3) is 0 Å². The maximum Gasteiger partial charge on any atom is 0.416 e. The fourth-order valence-corrected chi connectivity index (χ4v) is 8.08. The van der Waals surface area contributed by atoms with Crippen LogP contribution in [0.2, 0.25) is 0 Å². The second-order valence-corrected chi connectivity index (χ2v) is 14.3. The molecule has 0 bridgehead atoms. The minimum atomic E-state index is -5.11. The number of likely N-dealkylation sites (N-methyl/N-ethyl adjacent to an activating group) is 1. The largest absolute Gasteiger partial charge is 0.416 e. The molecule has 1 saturated carbocycles. The van der Waals surface area contributed by atoms with Crippen molar-refractivity contribution in [2.24, 2.45) is 5.92 Å². The SMILES string of the molecule is CN(C(=O)N(C)C1CN(C(=O)C2CCN(S(=O)(=O)C3CC3)CC2)CC1c1ccc(F)cc1)c1cc(C(F)(F)F)cc(C(F)(F)F)c1. The van der Waals surface area contributed by atoms with Crippen LogP contribution in [0.1, 0.15) is 48.3 Å². The van der Waals surface area contributed by atoms with Crippen molar-refractivity contribution in [2.75, 3.05) is 45.2 Å². The third-order valence-electron chi connectivity index (χ3n) is 9.05. The monoisotopic (exact) mass is 678 g/mol. The van der Waals surface area contributed by atoms with Crippen LogP contribution in [0.15, 0.2) is 42.5 Å². The van der Waals surface area contributed by atoms with Crippen LogP contribution in [0.5, 0.6) is 0 Å². The van der Waals surface area contributed by atoms with E-state index in [0.717, 1.165) is 7.05 Å². The molecule has 0 aromatic heterocycles. The second-order valence-electron chi connectivity index (χ2n) is 12.1. The number of alkyl halides is 6. The molecule has 16 heteroatoms. The minimum Gasteiger partial charge on any atom is -0.340 e. The molecule has 2 aromatic carbocycles. The Kier molecular flexibility index (Phi) is 9.09. The molecule has 2 aliphatic heterocycles. The van der Waals surface area contributed by atoms with Crippen molar-refractivity contribution in [2.45, 2.75) is 55.2 Å². The molecule has 8 nitrogen and oxygen atoms in total. The highest BCUT2D eigenvalue weighted by Gasteiger charge is 2.45. The van der Waals surface area contributed by atoms with Crippen LogP contribution in [-0.2, 0) is 27.2 Å². The van der Waals surface area contributed by atoms with E-state index in [1.54, 1.807) is 0 Å². The van der Waals surface area contributed by atoms with Crippen LogP contribution in [-0.4, -0.2) is 86.0 Å². The lowest BCUT2D eigenvalue weighted by molar-refractivity contribution is -0.143. The van der Waals surface area contributed by atoms with Crippen LogP contribution >= 0.6 is 0 Å². The number of hydrogen-bond acceptors (Lipinski definition) is 4. The summed E-state index contributed by atoms with van der Waals surface area (Å²) in [5, 5.41) is -0.363. The Bertz CT molecular complexity index is 1540. The lowest BCUT2D eigenvalue weighted by Crippen LogP contribution is -2.48. The summed E-state index contributed by atoms with van der Waals surface area (Å²) in [4.78, 5) is 30.7. The molecule has 252 valence electrons. The number of hydrogen-bond donors (Lipinski definition) is 0. The Balaban J connectivity index is 1.37. The Hall–Kier alpha value is -3.40. The van der Waals surface area contributed by atoms with Gasteiger partial charge in [0.15, 0.2) is 0 Å². The van der Waals surface area contributed by atoms with Crippen LogP contribution < -0.4 is 4.90 Å². The molecular weight excluding hydrogens is 645 g/mol. The predicted octanol–water partition coefficient (Wildman–Crippen LogP) is 5.55. The van der Waals surface area contributed by atoms with E-state index in [1.165, 1.54) is 45.4 Å². The van der Waals surface area contributed by atoms with Crippen molar-refractivity contribution in [1.82, 2.24) is 14.1 Å². The topological polar surface area (TPSA) is 81.2 Å². The van der Waals surface area contributed by atoms with Gasteiger partial charge in [0.2, 0.25) is 15.9 Å². The molecule has 46 heavy (non-hydrogen) atoms. The summed E-state index contributed by atoms with van der Waals surface area (Å²) >= 11 is 0. The Labute approximate surface area is 261 Å². The summed E-state index contributed by atoms with van der Waals surface area (Å²) in [7, 11) is -0.985. The fourth-order valence-electron chi connectivity index (χ4n) is 6.21. The summed E-state index contributed by atoms with van der Waals surface area (Å²) < 4.78 is 121. The number of piperidine rings is 1. The van der Waals surface area contributed by atoms with Gasteiger partial charge in [-0.2, -0.15) is 26.3 Å². The third kappa shape index (κ3) is 6.97. The van der Waals surface area contributed by atoms with Gasteiger partial charge in [0, 0.05) is 57.8 Å². The van der Waals surface area contributed by atoms with Crippen molar-refractivity contribution < 1.29 is 48.7 Å². The maximum absolute atomic E-state index is 13.8. The molecule has 0 radical (unpaired) electrons. The van der Waals surface area contributed by atoms with Gasteiger partial charge in [-0.15, -0.1) is 0 Å². The van der Waals surface area contributed by atoms with E-state index in [2.05, 4.69) is 0 Å². The predicted molar refractivity (Wildman–Crippen MR) is 154 cm³/mol. The van der Waals surface area contributed by atoms with Crippen LogP contribution in [0.3, 0.4) is 0 Å². The van der Waals surface area contributed by atoms with Crippen molar-refractivity contribution in [3.63, 3.8) is 0 Å². The second kappa shape index (κ2) is 12.3. The average molecular weight is 679 g/mol. The quantitative estimate of drug-likeness (QED) is 0.376. The van der Waals surface area contributed by atoms with Gasteiger partial charge >= 0.3 is 18.4 Å². The number of nitrogens with zero attached hydrogens (tertiary/aromatic N) is 4. The van der Waals surface area contributed by atoms with Crippen molar-refractivity contribution >= 4 is 27.6 Å². The summed E-state index contributed by atoms with van der Waals surface area (Å²) in [6.45, 7) is 0.509. The van der Waals surface area contributed by atoms with Crippen molar-refractivity contribution in [3.8, 4) is 0 Å². The number of sulfonamides is 1. The number of urea groups is 1. The molecule has 2 atom stereocenters. The zero-order valence-corrected chi connectivity index (χ0v) is 25.8. The maximum atomic E-state index is 13.8. The molecular formula is C30H33F7N4O4S. The number of amides is 3. The molecule has 2 unspecified atom stereocenters. The number of anilines is 1. The summed E-state index contributed by atoms with van der Waals surface area (Å²) in [5.41, 5.74) is -3.20. The van der Waals surface area contributed by atoms with Crippen molar-refractivity contribution in [3.05, 3.63) is 65.0 Å². The van der Waals surface area contributed by atoms with E-state index in [0.29, 0.717) is 48.3 Å². The van der Waals surface area contributed by atoms with Gasteiger partial charge in [-0.3, -0.25) is 9.69 Å². The first-order chi connectivity index (χ1) is 21.4. The smallest absolute Gasteiger partial charge is 0.340 e. The third-order valence-corrected chi connectivity index (χ3v) is 11.5. The molecule has 3 aliphatic rings. The fraction of sp³-hybridized carbons (Fsp3) is 0.533. The van der Waals surface area contributed by atoms with Gasteiger partial charge in [-0.25, -0.2) is 21.9 Å². The first-order valence-corrected chi connectivity index (χ1v) is 16.2. The molecule has 1 aliphatic carbocycles. The number of likely N-dealkylation sites (tertiary alicyclic amines) is 1. The first kappa shape index (κ1) is 33.9. The zero-order valence-electron chi connectivity index (χ0n) is 25.0. The lowest BCUT2D eigenvalue weighted by Gasteiger charge is -2.33. The Morgan fingerprint density at radius 3 is 1.87 bits per heavy atom. The molecule has 5 rings (SSSR count). The van der Waals surface area contributed by atoms with Gasteiger partial charge in [0.1, 0.15) is 5.82 Å². The van der Waals surface area contributed by atoms with E-state index in [9.17, 15) is 48.7 Å². The highest BCUT2D eigenvalue weighted by molar-refractivity contribution is 7.90. The molecule has 2 aromatic rings. The van der Waals surface area contributed by atoms with Gasteiger partial charge in [0.05, 0.1) is 22.4 Å². The van der Waals surface area contributed by atoms with E-state index < -0.39 is 68.9 Å². The molecule has 0 N–H and O–H groups in total. The number of carbonyl (C=O) groups excluding carboxylic acids is 2. The van der Waals surface area contributed by atoms with Gasteiger partial charge in [-0.1, -0.05) is 12.1 Å². The average Bonchev–Trinajstić information content (AvgIpc) is 3.79. The van der Waals surface area contributed by atoms with Crippen molar-refractivity contribution in [1.29, 1.82) is 0 Å². The van der Waals surface area contributed by atoms with Crippen LogP contribution in [0.4, 0.5) is 41.2 Å². The highest BCUT2D eigenvalue weighted by atomic mass is 32.2. The normalized spacial score (nSPS) is 21.8. The van der Waals surface area contributed by atoms with E-state index >= 15 is 0 Å². The number of carbonyl (C=O) groups is 2. The van der Waals surface area contributed by atoms with E-state index in [1.807, 2.05) is 0 Å². The molecule has 2 heterocycles. The number of benzene rings is 2. The first-order valence-electron chi connectivity index (χ1n) is 14.7. The number of halogens is 7. The van der Waals surface area contributed by atoms with E-state index in [-0.39, 0.29) is 43.4 Å². The number of rotatable bonds is 6. The lowest BCUT2D eigenvalue weighted by atomic mass is 9.93. The minimum absolute atomic E-state index is 0.00602. The summed E-state index contributed by atoms with van der Waals surface area (Å²) in [6, 6.07) is 4.61. The van der Waals surface area contributed by atoms with Crippen LogP contribution in [0, 0.1) is 11.7 Å². The molecule has 3 amide bonds. The highest BCUT2D eigenvalue weighted by Crippen LogP contribution is 2.40. The molecule has 0 spiro atoms. The van der Waals surface area contributed by atoms with Gasteiger partial charge in [-0.05, 0) is 61.6 Å².